The van der Waals surface area contributed by atoms with Crippen LogP contribution in [0.15, 0.2) is 73.2 Å². The Morgan fingerprint density at radius 1 is 1.15 bits per heavy atom. The first-order chi connectivity index (χ1) is 12.6. The average Bonchev–Trinajstić information content (AvgIpc) is 3.10. The van der Waals surface area contributed by atoms with E-state index < -0.39 is 17.8 Å². The highest BCUT2D eigenvalue weighted by Gasteiger charge is 2.40. The van der Waals surface area contributed by atoms with Gasteiger partial charge in [0.1, 0.15) is 24.1 Å². The van der Waals surface area contributed by atoms with Crippen molar-refractivity contribution in [1.82, 2.24) is 14.8 Å². The minimum atomic E-state index is -0.763. The molecule has 1 amide bonds. The van der Waals surface area contributed by atoms with Crippen LogP contribution in [0.4, 0.5) is 16.0 Å². The molecule has 0 radical (unpaired) electrons. The standard InChI is InChI=1S/C19H16FN5O/c1-12-16(18(26)24-13-7-3-2-4-8-13)17(14-9-5-6-10-15(14)20)25-19(23-12)21-11-22-25/h2-11,16-17H,1H2,(H,24,26)(H,21,22,23)/t16-,17+/m1/s1. The number of fused-ring (bicyclic) bond motifs is 1. The second-order valence-corrected chi connectivity index (χ2v) is 5.98. The number of anilines is 2. The third kappa shape index (κ3) is 2.73. The Balaban J connectivity index is 1.77. The lowest BCUT2D eigenvalue weighted by Gasteiger charge is -2.33. The van der Waals surface area contributed by atoms with Crippen LogP contribution >= 0.6 is 0 Å². The lowest BCUT2D eigenvalue weighted by molar-refractivity contribution is -0.119. The van der Waals surface area contributed by atoms with Crippen LogP contribution in [0.3, 0.4) is 0 Å². The highest BCUT2D eigenvalue weighted by atomic mass is 19.1. The molecule has 26 heavy (non-hydrogen) atoms. The van der Waals surface area contributed by atoms with E-state index in [1.54, 1.807) is 30.3 Å². The monoisotopic (exact) mass is 349 g/mol. The van der Waals surface area contributed by atoms with Crippen LogP contribution in [-0.4, -0.2) is 20.7 Å². The zero-order valence-corrected chi connectivity index (χ0v) is 13.8. The first-order valence-electron chi connectivity index (χ1n) is 8.11. The normalized spacial score (nSPS) is 18.7. The van der Waals surface area contributed by atoms with Crippen LogP contribution in [0, 0.1) is 11.7 Å². The molecule has 1 aromatic heterocycles. The van der Waals surface area contributed by atoms with Gasteiger partial charge in [-0.25, -0.2) is 9.07 Å². The van der Waals surface area contributed by atoms with E-state index in [2.05, 4.69) is 27.3 Å². The van der Waals surface area contributed by atoms with Crippen molar-refractivity contribution in [3.63, 3.8) is 0 Å². The number of carbonyl (C=O) groups is 1. The van der Waals surface area contributed by atoms with Gasteiger partial charge in [-0.2, -0.15) is 10.1 Å². The smallest absolute Gasteiger partial charge is 0.235 e. The highest BCUT2D eigenvalue weighted by Crippen LogP contribution is 2.38. The molecule has 1 aliphatic heterocycles. The van der Waals surface area contributed by atoms with Gasteiger partial charge in [0.25, 0.3) is 0 Å². The summed E-state index contributed by atoms with van der Waals surface area (Å²) >= 11 is 0. The fourth-order valence-corrected chi connectivity index (χ4v) is 3.17. The van der Waals surface area contributed by atoms with Gasteiger partial charge in [0.2, 0.25) is 11.9 Å². The quantitative estimate of drug-likeness (QED) is 0.762. The third-order valence-corrected chi connectivity index (χ3v) is 4.35. The van der Waals surface area contributed by atoms with Gasteiger partial charge in [0, 0.05) is 16.9 Å². The summed E-state index contributed by atoms with van der Waals surface area (Å²) in [7, 11) is 0. The van der Waals surface area contributed by atoms with Crippen LogP contribution in [-0.2, 0) is 4.79 Å². The van der Waals surface area contributed by atoms with Crippen LogP contribution in [0.5, 0.6) is 0 Å². The van der Waals surface area contributed by atoms with Crippen molar-refractivity contribution in [1.29, 1.82) is 0 Å². The van der Waals surface area contributed by atoms with Crippen molar-refractivity contribution in [2.24, 2.45) is 5.92 Å². The predicted molar refractivity (Wildman–Crippen MR) is 95.9 cm³/mol. The Labute approximate surface area is 149 Å². The molecule has 6 nitrogen and oxygen atoms in total. The molecule has 2 atom stereocenters. The maximum atomic E-state index is 14.5. The maximum Gasteiger partial charge on any atom is 0.235 e. The zero-order valence-electron chi connectivity index (χ0n) is 13.8. The second-order valence-electron chi connectivity index (χ2n) is 5.98. The molecule has 0 aliphatic carbocycles. The highest BCUT2D eigenvalue weighted by molar-refractivity contribution is 5.95. The molecule has 2 heterocycles. The van der Waals surface area contributed by atoms with Crippen LogP contribution in [0.25, 0.3) is 0 Å². The van der Waals surface area contributed by atoms with Gasteiger partial charge in [-0.1, -0.05) is 43.0 Å². The SMILES string of the molecule is C=C1Nc2ncnn2[C@@H](c2ccccc2F)[C@@H]1C(=O)Nc1ccccc1. The summed E-state index contributed by atoms with van der Waals surface area (Å²) in [5, 5.41) is 10.0. The van der Waals surface area contributed by atoms with Crippen molar-refractivity contribution < 1.29 is 9.18 Å². The van der Waals surface area contributed by atoms with E-state index >= 15 is 0 Å². The number of halogens is 1. The number of benzene rings is 2. The average molecular weight is 349 g/mol. The summed E-state index contributed by atoms with van der Waals surface area (Å²) in [5.74, 6) is -1.05. The van der Waals surface area contributed by atoms with Crippen molar-refractivity contribution in [2.75, 3.05) is 10.6 Å². The molecule has 2 N–H and O–H groups in total. The summed E-state index contributed by atoms with van der Waals surface area (Å²) in [5.41, 5.74) is 1.45. The summed E-state index contributed by atoms with van der Waals surface area (Å²) < 4.78 is 16.0. The number of hydrogen-bond donors (Lipinski definition) is 2. The van der Waals surface area contributed by atoms with Gasteiger partial charge < -0.3 is 10.6 Å². The molecule has 0 spiro atoms. The number of para-hydroxylation sites is 1. The molecular weight excluding hydrogens is 333 g/mol. The number of amides is 1. The molecular formula is C19H16FN5O. The van der Waals surface area contributed by atoms with Crippen molar-refractivity contribution in [3.8, 4) is 0 Å². The van der Waals surface area contributed by atoms with Gasteiger partial charge in [-0.3, -0.25) is 4.79 Å². The minimum absolute atomic E-state index is 0.303. The number of carbonyl (C=O) groups excluding carboxylic acids is 1. The molecule has 0 saturated heterocycles. The first-order valence-corrected chi connectivity index (χ1v) is 8.11. The largest absolute Gasteiger partial charge is 0.328 e. The van der Waals surface area contributed by atoms with E-state index in [0.717, 1.165) is 0 Å². The Kier molecular flexibility index (Phi) is 3.96. The van der Waals surface area contributed by atoms with Crippen molar-refractivity contribution in [2.45, 2.75) is 6.04 Å². The number of nitrogens with one attached hydrogen (secondary N) is 2. The van der Waals surface area contributed by atoms with Gasteiger partial charge in [0.15, 0.2) is 0 Å². The molecule has 2 aromatic carbocycles. The van der Waals surface area contributed by atoms with Gasteiger partial charge in [-0.15, -0.1) is 0 Å². The number of aromatic nitrogens is 3. The van der Waals surface area contributed by atoms with Crippen LogP contribution in [0.2, 0.25) is 0 Å². The lowest BCUT2D eigenvalue weighted by Crippen LogP contribution is -2.40. The molecule has 130 valence electrons. The van der Waals surface area contributed by atoms with E-state index in [0.29, 0.717) is 22.9 Å². The van der Waals surface area contributed by atoms with Gasteiger partial charge >= 0.3 is 0 Å². The van der Waals surface area contributed by atoms with Crippen LogP contribution in [0.1, 0.15) is 11.6 Å². The van der Waals surface area contributed by atoms with E-state index in [1.807, 2.05) is 18.2 Å². The predicted octanol–water partition coefficient (Wildman–Crippen LogP) is 3.20. The lowest BCUT2D eigenvalue weighted by atomic mass is 9.88. The summed E-state index contributed by atoms with van der Waals surface area (Å²) in [6.45, 7) is 3.97. The minimum Gasteiger partial charge on any atom is -0.328 e. The van der Waals surface area contributed by atoms with E-state index in [9.17, 15) is 9.18 Å². The molecule has 0 bridgehead atoms. The summed E-state index contributed by atoms with van der Waals surface area (Å²) in [6, 6.07) is 14.7. The topological polar surface area (TPSA) is 71.8 Å². The number of rotatable bonds is 3. The van der Waals surface area contributed by atoms with E-state index in [-0.39, 0.29) is 5.91 Å². The molecule has 7 heteroatoms. The zero-order chi connectivity index (χ0) is 18.1. The first kappa shape index (κ1) is 16.0. The molecule has 0 saturated carbocycles. The Morgan fingerprint density at radius 2 is 1.88 bits per heavy atom. The molecule has 1 aliphatic rings. The third-order valence-electron chi connectivity index (χ3n) is 4.35. The number of nitrogens with zero attached hydrogens (tertiary/aromatic N) is 3. The molecule has 3 aromatic rings. The fraction of sp³-hybridized carbons (Fsp3) is 0.105. The van der Waals surface area contributed by atoms with Gasteiger partial charge in [-0.05, 0) is 18.2 Å². The Morgan fingerprint density at radius 3 is 2.65 bits per heavy atom. The van der Waals surface area contributed by atoms with Crippen LogP contribution < -0.4 is 10.6 Å². The molecule has 4 rings (SSSR count). The van der Waals surface area contributed by atoms with Gasteiger partial charge in [0.05, 0.1) is 0 Å². The second kappa shape index (κ2) is 6.44. The fourth-order valence-electron chi connectivity index (χ4n) is 3.17. The molecule has 0 fully saturated rings. The molecule has 0 unspecified atom stereocenters. The summed E-state index contributed by atoms with van der Waals surface area (Å²) in [4.78, 5) is 17.1. The van der Waals surface area contributed by atoms with Crippen molar-refractivity contribution in [3.05, 3.63) is 84.6 Å². The maximum absolute atomic E-state index is 14.5. The number of hydrogen-bond acceptors (Lipinski definition) is 4. The van der Waals surface area contributed by atoms with E-state index in [1.165, 1.54) is 17.1 Å². The Bertz CT molecular complexity index is 969. The van der Waals surface area contributed by atoms with E-state index in [4.69, 9.17) is 0 Å². The van der Waals surface area contributed by atoms with Crippen molar-refractivity contribution >= 4 is 17.5 Å². The summed E-state index contributed by atoms with van der Waals surface area (Å²) in [6.07, 6.45) is 1.36. The Hall–Kier alpha value is -3.48.